The van der Waals surface area contributed by atoms with Gasteiger partial charge in [-0.2, -0.15) is 0 Å². The predicted molar refractivity (Wildman–Crippen MR) is 90.2 cm³/mol. The second kappa shape index (κ2) is 6.22. The molecule has 23 heavy (non-hydrogen) atoms. The van der Waals surface area contributed by atoms with Gasteiger partial charge in [0.05, 0.1) is 12.2 Å². The number of fused-ring (bicyclic) bond motifs is 1. The summed E-state index contributed by atoms with van der Waals surface area (Å²) >= 11 is 1.25. The van der Waals surface area contributed by atoms with Crippen LogP contribution in [-0.4, -0.2) is 23.7 Å². The number of thiophene rings is 1. The number of ether oxygens (including phenoxy) is 1. The van der Waals surface area contributed by atoms with Crippen LogP contribution in [0.1, 0.15) is 27.0 Å². The summed E-state index contributed by atoms with van der Waals surface area (Å²) in [6.45, 7) is 2.02. The fourth-order valence-electron chi connectivity index (χ4n) is 2.60. The highest BCUT2D eigenvalue weighted by Gasteiger charge is 2.21. The molecule has 1 N–H and O–H groups in total. The van der Waals surface area contributed by atoms with Crippen LogP contribution in [0.5, 0.6) is 0 Å². The third-order valence-electron chi connectivity index (χ3n) is 3.56. The molecule has 4 nitrogen and oxygen atoms in total. The number of aromatic carboxylic acids is 1. The molecule has 3 aromatic rings. The van der Waals surface area contributed by atoms with Crippen LogP contribution in [0.15, 0.2) is 47.8 Å². The summed E-state index contributed by atoms with van der Waals surface area (Å²) < 4.78 is 5.06. The lowest BCUT2D eigenvalue weighted by Gasteiger charge is -2.10. The largest absolute Gasteiger partial charge is 0.478 e. The molecule has 0 bridgehead atoms. The van der Waals surface area contributed by atoms with E-state index in [0.717, 1.165) is 5.39 Å². The van der Waals surface area contributed by atoms with Gasteiger partial charge in [-0.25, -0.2) is 9.59 Å². The maximum absolute atomic E-state index is 12.1. The molecule has 5 heteroatoms. The maximum atomic E-state index is 12.1. The van der Waals surface area contributed by atoms with Crippen molar-refractivity contribution in [3.63, 3.8) is 0 Å². The number of hydrogen-bond donors (Lipinski definition) is 1. The molecule has 0 aliphatic rings. The Balaban J connectivity index is 2.25. The highest BCUT2D eigenvalue weighted by molar-refractivity contribution is 7.12. The predicted octanol–water partition coefficient (Wildman–Crippen LogP) is 4.44. The molecule has 1 aromatic heterocycles. The topological polar surface area (TPSA) is 63.6 Å². The summed E-state index contributed by atoms with van der Waals surface area (Å²) in [5.41, 5.74) is 1.32. The molecular formula is C18H14O4S. The smallest absolute Gasteiger partial charge is 0.348 e. The fraction of sp³-hybridized carbons (Fsp3) is 0.111. The van der Waals surface area contributed by atoms with Gasteiger partial charge < -0.3 is 9.84 Å². The van der Waals surface area contributed by atoms with Gasteiger partial charge in [-0.05, 0) is 34.7 Å². The molecule has 0 saturated heterocycles. The number of hydrogen-bond acceptors (Lipinski definition) is 4. The summed E-state index contributed by atoms with van der Waals surface area (Å²) in [6, 6.07) is 12.7. The summed E-state index contributed by atoms with van der Waals surface area (Å²) in [5.74, 6) is -1.44. The van der Waals surface area contributed by atoms with Crippen molar-refractivity contribution >= 4 is 34.0 Å². The van der Waals surface area contributed by atoms with Gasteiger partial charge in [0.1, 0.15) is 4.88 Å². The lowest BCUT2D eigenvalue weighted by Crippen LogP contribution is -2.06. The monoisotopic (exact) mass is 326 g/mol. The van der Waals surface area contributed by atoms with Crippen molar-refractivity contribution in [2.75, 3.05) is 6.61 Å². The Kier molecular flexibility index (Phi) is 4.12. The quantitative estimate of drug-likeness (QED) is 0.720. The van der Waals surface area contributed by atoms with E-state index < -0.39 is 11.9 Å². The van der Waals surface area contributed by atoms with Gasteiger partial charge in [-0.3, -0.25) is 0 Å². The van der Waals surface area contributed by atoms with E-state index in [4.69, 9.17) is 4.74 Å². The Hall–Kier alpha value is -2.66. The number of carbonyl (C=O) groups excluding carboxylic acids is 1. The standard InChI is InChI=1S/C18H14O4S/c1-2-22-18(21)16-14(9-10-23-16)13-8-7-11-5-3-4-6-12(11)15(13)17(19)20/h3-10H,2H2,1H3,(H,19,20). The van der Waals surface area contributed by atoms with Crippen LogP contribution in [0.3, 0.4) is 0 Å². The van der Waals surface area contributed by atoms with Gasteiger partial charge in [0.15, 0.2) is 0 Å². The maximum Gasteiger partial charge on any atom is 0.348 e. The summed E-state index contributed by atoms with van der Waals surface area (Å²) in [6.07, 6.45) is 0. The Morgan fingerprint density at radius 2 is 1.87 bits per heavy atom. The molecule has 0 saturated carbocycles. The molecule has 0 atom stereocenters. The molecule has 3 rings (SSSR count). The van der Waals surface area contributed by atoms with E-state index in [1.807, 2.05) is 18.2 Å². The molecule has 0 amide bonds. The Labute approximate surface area is 137 Å². The van der Waals surface area contributed by atoms with Crippen molar-refractivity contribution < 1.29 is 19.4 Å². The Morgan fingerprint density at radius 1 is 1.09 bits per heavy atom. The molecule has 0 fully saturated rings. The van der Waals surface area contributed by atoms with Crippen molar-refractivity contribution in [3.8, 4) is 11.1 Å². The lowest BCUT2D eigenvalue weighted by molar-refractivity contribution is 0.0532. The van der Waals surface area contributed by atoms with Crippen LogP contribution in [0.4, 0.5) is 0 Å². The van der Waals surface area contributed by atoms with Gasteiger partial charge in [0.2, 0.25) is 0 Å². The van der Waals surface area contributed by atoms with E-state index in [9.17, 15) is 14.7 Å². The number of esters is 1. The van der Waals surface area contributed by atoms with E-state index in [1.54, 1.807) is 36.6 Å². The molecular weight excluding hydrogens is 312 g/mol. The Bertz CT molecular complexity index is 895. The van der Waals surface area contributed by atoms with Gasteiger partial charge in [0, 0.05) is 5.56 Å². The second-order valence-electron chi connectivity index (χ2n) is 4.90. The third-order valence-corrected chi connectivity index (χ3v) is 4.45. The highest BCUT2D eigenvalue weighted by Crippen LogP contribution is 2.35. The van der Waals surface area contributed by atoms with Crippen LogP contribution in [0.25, 0.3) is 21.9 Å². The molecule has 0 unspecified atom stereocenters. The van der Waals surface area contributed by atoms with Gasteiger partial charge in [-0.15, -0.1) is 11.3 Å². The van der Waals surface area contributed by atoms with Crippen molar-refractivity contribution in [1.82, 2.24) is 0 Å². The minimum absolute atomic E-state index is 0.201. The van der Waals surface area contributed by atoms with Gasteiger partial charge in [0.25, 0.3) is 0 Å². The first-order valence-electron chi connectivity index (χ1n) is 7.13. The van der Waals surface area contributed by atoms with Crippen LogP contribution >= 0.6 is 11.3 Å². The number of carboxylic acid groups (broad SMARTS) is 1. The highest BCUT2D eigenvalue weighted by atomic mass is 32.1. The molecule has 116 valence electrons. The second-order valence-corrected chi connectivity index (χ2v) is 5.81. The van der Waals surface area contributed by atoms with Gasteiger partial charge >= 0.3 is 11.9 Å². The van der Waals surface area contributed by atoms with Crippen molar-refractivity contribution in [2.24, 2.45) is 0 Å². The van der Waals surface area contributed by atoms with Crippen LogP contribution in [0.2, 0.25) is 0 Å². The average Bonchev–Trinajstić information content (AvgIpc) is 3.03. The number of rotatable bonds is 4. The minimum Gasteiger partial charge on any atom is -0.478 e. The zero-order chi connectivity index (χ0) is 16.4. The fourth-order valence-corrected chi connectivity index (χ4v) is 3.40. The van der Waals surface area contributed by atoms with E-state index in [-0.39, 0.29) is 12.2 Å². The normalized spacial score (nSPS) is 10.7. The van der Waals surface area contributed by atoms with E-state index >= 15 is 0 Å². The molecule has 1 heterocycles. The first-order chi connectivity index (χ1) is 11.1. The van der Waals surface area contributed by atoms with Gasteiger partial charge in [-0.1, -0.05) is 36.4 Å². The third kappa shape index (κ3) is 2.71. The first kappa shape index (κ1) is 15.2. The number of carbonyl (C=O) groups is 2. The zero-order valence-corrected chi connectivity index (χ0v) is 13.2. The lowest BCUT2D eigenvalue weighted by atomic mass is 9.94. The van der Waals surface area contributed by atoms with Crippen LogP contribution in [-0.2, 0) is 4.74 Å². The summed E-state index contributed by atoms with van der Waals surface area (Å²) in [5, 5.41) is 12.9. The summed E-state index contributed by atoms with van der Waals surface area (Å²) in [7, 11) is 0. The van der Waals surface area contributed by atoms with E-state index in [2.05, 4.69) is 0 Å². The molecule has 0 aliphatic heterocycles. The van der Waals surface area contributed by atoms with Crippen LogP contribution in [0, 0.1) is 0 Å². The van der Waals surface area contributed by atoms with Crippen LogP contribution < -0.4 is 0 Å². The average molecular weight is 326 g/mol. The van der Waals surface area contributed by atoms with E-state index in [0.29, 0.717) is 21.4 Å². The van der Waals surface area contributed by atoms with Crippen molar-refractivity contribution in [2.45, 2.75) is 6.92 Å². The van der Waals surface area contributed by atoms with Crippen molar-refractivity contribution in [1.29, 1.82) is 0 Å². The first-order valence-corrected chi connectivity index (χ1v) is 8.01. The SMILES string of the molecule is CCOC(=O)c1sccc1-c1ccc2ccccc2c1C(=O)O. The number of benzene rings is 2. The van der Waals surface area contributed by atoms with E-state index in [1.165, 1.54) is 11.3 Å². The van der Waals surface area contributed by atoms with Crippen molar-refractivity contribution in [3.05, 3.63) is 58.3 Å². The molecule has 0 aliphatic carbocycles. The Morgan fingerprint density at radius 3 is 2.61 bits per heavy atom. The number of carboxylic acids is 1. The molecule has 2 aromatic carbocycles. The molecule has 0 spiro atoms. The summed E-state index contributed by atoms with van der Waals surface area (Å²) in [4.78, 5) is 24.3. The zero-order valence-electron chi connectivity index (χ0n) is 12.4. The molecule has 0 radical (unpaired) electrons. The minimum atomic E-state index is -1.02.